The van der Waals surface area contributed by atoms with Gasteiger partial charge in [-0.25, -0.2) is 0 Å². The van der Waals surface area contributed by atoms with E-state index in [9.17, 15) is 0 Å². The van der Waals surface area contributed by atoms with Gasteiger partial charge < -0.3 is 5.32 Å². The van der Waals surface area contributed by atoms with E-state index in [1.54, 1.807) is 0 Å². The molecule has 1 saturated carbocycles. The van der Waals surface area contributed by atoms with Gasteiger partial charge in [0.1, 0.15) is 0 Å². The first kappa shape index (κ1) is 14.2. The summed E-state index contributed by atoms with van der Waals surface area (Å²) >= 11 is 0. The smallest absolute Gasteiger partial charge is 0.0348 e. The molecule has 1 fully saturated rings. The van der Waals surface area contributed by atoms with E-state index in [1.807, 2.05) is 0 Å². The standard InChI is InChI=1S/C18H25N/c1-2-3-10-15-19-18(16-11-6-4-7-12-16)17-13-8-5-9-14-17/h1,4,6-7,11-12,17-19H,3,5,8-10,13-15H2. The molecule has 1 atom stereocenters. The van der Waals surface area contributed by atoms with Gasteiger partial charge in [0.15, 0.2) is 0 Å². The third-order valence-corrected chi connectivity index (χ3v) is 4.14. The maximum atomic E-state index is 5.32. The van der Waals surface area contributed by atoms with Crippen molar-refractivity contribution in [2.45, 2.75) is 51.0 Å². The largest absolute Gasteiger partial charge is 0.310 e. The van der Waals surface area contributed by atoms with Gasteiger partial charge >= 0.3 is 0 Å². The van der Waals surface area contributed by atoms with Gasteiger partial charge in [-0.05, 0) is 37.3 Å². The Bertz CT molecular complexity index is 384. The normalized spacial score (nSPS) is 17.8. The van der Waals surface area contributed by atoms with Crippen molar-refractivity contribution in [3.8, 4) is 12.3 Å². The molecule has 0 aliphatic heterocycles. The Hall–Kier alpha value is -1.26. The number of unbranched alkanes of at least 4 members (excludes halogenated alkanes) is 1. The lowest BCUT2D eigenvalue weighted by atomic mass is 9.81. The quantitative estimate of drug-likeness (QED) is 0.590. The number of benzene rings is 1. The maximum absolute atomic E-state index is 5.32. The summed E-state index contributed by atoms with van der Waals surface area (Å²) in [7, 11) is 0. The third kappa shape index (κ3) is 4.40. The van der Waals surface area contributed by atoms with Crippen LogP contribution in [0.5, 0.6) is 0 Å². The van der Waals surface area contributed by atoms with Gasteiger partial charge in [-0.15, -0.1) is 12.3 Å². The second-order valence-electron chi connectivity index (χ2n) is 5.55. The number of nitrogens with one attached hydrogen (secondary N) is 1. The Morgan fingerprint density at radius 1 is 1.16 bits per heavy atom. The minimum Gasteiger partial charge on any atom is -0.310 e. The second-order valence-corrected chi connectivity index (χ2v) is 5.55. The molecule has 0 heterocycles. The third-order valence-electron chi connectivity index (χ3n) is 4.14. The van der Waals surface area contributed by atoms with Gasteiger partial charge in [0.05, 0.1) is 0 Å². The van der Waals surface area contributed by atoms with Crippen molar-refractivity contribution < 1.29 is 0 Å². The molecule has 1 aliphatic carbocycles. The van der Waals surface area contributed by atoms with E-state index in [0.717, 1.165) is 25.3 Å². The van der Waals surface area contributed by atoms with E-state index in [4.69, 9.17) is 6.42 Å². The lowest BCUT2D eigenvalue weighted by Gasteiger charge is -2.31. The highest BCUT2D eigenvalue weighted by Gasteiger charge is 2.24. The molecule has 0 amide bonds. The fourth-order valence-electron chi connectivity index (χ4n) is 3.13. The minimum absolute atomic E-state index is 0.513. The molecular formula is C18H25N. The summed E-state index contributed by atoms with van der Waals surface area (Å²) in [6, 6.07) is 11.4. The van der Waals surface area contributed by atoms with E-state index >= 15 is 0 Å². The molecule has 0 spiro atoms. The zero-order chi connectivity index (χ0) is 13.3. The van der Waals surface area contributed by atoms with Crippen molar-refractivity contribution in [2.75, 3.05) is 6.54 Å². The van der Waals surface area contributed by atoms with Gasteiger partial charge in [0, 0.05) is 12.5 Å². The molecule has 0 saturated heterocycles. The van der Waals surface area contributed by atoms with Crippen LogP contribution < -0.4 is 5.32 Å². The summed E-state index contributed by atoms with van der Waals surface area (Å²) in [6.07, 6.45) is 14.2. The number of rotatable bonds is 6. The zero-order valence-electron chi connectivity index (χ0n) is 11.8. The number of hydrogen-bond donors (Lipinski definition) is 1. The summed E-state index contributed by atoms with van der Waals surface area (Å²) in [6.45, 7) is 1.03. The lowest BCUT2D eigenvalue weighted by molar-refractivity contribution is 0.271. The Labute approximate surface area is 117 Å². The molecule has 102 valence electrons. The van der Waals surface area contributed by atoms with Crippen LogP contribution in [-0.2, 0) is 0 Å². The highest BCUT2D eigenvalue weighted by atomic mass is 14.9. The van der Waals surface area contributed by atoms with Crippen LogP contribution in [0, 0.1) is 18.3 Å². The van der Waals surface area contributed by atoms with Crippen LogP contribution in [0.1, 0.15) is 56.6 Å². The summed E-state index contributed by atoms with van der Waals surface area (Å²) in [4.78, 5) is 0. The fraction of sp³-hybridized carbons (Fsp3) is 0.556. The molecule has 0 radical (unpaired) electrons. The SMILES string of the molecule is C#CCCCNC(c1ccccc1)C1CCCCC1. The molecule has 1 unspecified atom stereocenters. The molecule has 19 heavy (non-hydrogen) atoms. The Morgan fingerprint density at radius 3 is 2.58 bits per heavy atom. The van der Waals surface area contributed by atoms with Gasteiger partial charge in [0.2, 0.25) is 0 Å². The van der Waals surface area contributed by atoms with Crippen LogP contribution >= 0.6 is 0 Å². The van der Waals surface area contributed by atoms with Crippen LogP contribution in [0.2, 0.25) is 0 Å². The topological polar surface area (TPSA) is 12.0 Å². The van der Waals surface area contributed by atoms with Crippen LogP contribution in [0.25, 0.3) is 0 Å². The van der Waals surface area contributed by atoms with Crippen molar-refractivity contribution in [1.29, 1.82) is 0 Å². The lowest BCUT2D eigenvalue weighted by Crippen LogP contribution is -2.30. The first-order chi connectivity index (χ1) is 9.42. The number of hydrogen-bond acceptors (Lipinski definition) is 1. The van der Waals surface area contributed by atoms with E-state index in [-0.39, 0.29) is 0 Å². The summed E-state index contributed by atoms with van der Waals surface area (Å²) in [5.41, 5.74) is 1.44. The van der Waals surface area contributed by atoms with Crippen LogP contribution in [-0.4, -0.2) is 6.54 Å². The fourth-order valence-corrected chi connectivity index (χ4v) is 3.13. The Balaban J connectivity index is 1.98. The molecule has 1 aromatic rings. The molecule has 1 aliphatic rings. The average molecular weight is 255 g/mol. The Morgan fingerprint density at radius 2 is 1.89 bits per heavy atom. The molecule has 1 nitrogen and oxygen atoms in total. The molecule has 1 heteroatoms. The molecule has 1 aromatic carbocycles. The monoisotopic (exact) mass is 255 g/mol. The van der Waals surface area contributed by atoms with Gasteiger partial charge in [-0.2, -0.15) is 0 Å². The molecule has 1 N–H and O–H groups in total. The Kier molecular flexibility index (Phi) is 5.98. The summed E-state index contributed by atoms with van der Waals surface area (Å²) in [5.74, 6) is 3.51. The van der Waals surface area contributed by atoms with Gasteiger partial charge in [-0.1, -0.05) is 49.6 Å². The predicted molar refractivity (Wildman–Crippen MR) is 81.8 cm³/mol. The average Bonchev–Trinajstić information content (AvgIpc) is 2.49. The van der Waals surface area contributed by atoms with E-state index in [0.29, 0.717) is 6.04 Å². The highest BCUT2D eigenvalue weighted by molar-refractivity contribution is 5.19. The highest BCUT2D eigenvalue weighted by Crippen LogP contribution is 2.34. The molecular weight excluding hydrogens is 230 g/mol. The predicted octanol–water partition coefficient (Wildman–Crippen LogP) is 4.31. The molecule has 0 aromatic heterocycles. The van der Waals surface area contributed by atoms with Crippen molar-refractivity contribution >= 4 is 0 Å². The van der Waals surface area contributed by atoms with Crippen LogP contribution in [0.4, 0.5) is 0 Å². The zero-order valence-corrected chi connectivity index (χ0v) is 11.8. The van der Waals surface area contributed by atoms with Crippen molar-refractivity contribution in [1.82, 2.24) is 5.32 Å². The van der Waals surface area contributed by atoms with Crippen LogP contribution in [0.3, 0.4) is 0 Å². The van der Waals surface area contributed by atoms with E-state index < -0.39 is 0 Å². The van der Waals surface area contributed by atoms with E-state index in [1.165, 1.54) is 37.7 Å². The first-order valence-electron chi connectivity index (χ1n) is 7.63. The van der Waals surface area contributed by atoms with Crippen molar-refractivity contribution in [3.63, 3.8) is 0 Å². The maximum Gasteiger partial charge on any atom is 0.0348 e. The van der Waals surface area contributed by atoms with Crippen molar-refractivity contribution in [2.24, 2.45) is 5.92 Å². The van der Waals surface area contributed by atoms with Crippen molar-refractivity contribution in [3.05, 3.63) is 35.9 Å². The van der Waals surface area contributed by atoms with Crippen LogP contribution in [0.15, 0.2) is 30.3 Å². The summed E-state index contributed by atoms with van der Waals surface area (Å²) in [5, 5.41) is 3.74. The van der Waals surface area contributed by atoms with Gasteiger partial charge in [-0.3, -0.25) is 0 Å². The van der Waals surface area contributed by atoms with E-state index in [2.05, 4.69) is 41.6 Å². The summed E-state index contributed by atoms with van der Waals surface area (Å²) < 4.78 is 0. The number of terminal acetylenes is 1. The van der Waals surface area contributed by atoms with Gasteiger partial charge in [0.25, 0.3) is 0 Å². The first-order valence-corrected chi connectivity index (χ1v) is 7.63. The molecule has 2 rings (SSSR count). The second kappa shape index (κ2) is 8.02. The molecule has 0 bridgehead atoms. The minimum atomic E-state index is 0.513.